The van der Waals surface area contributed by atoms with Crippen molar-refractivity contribution in [2.75, 3.05) is 25.0 Å². The molecule has 0 unspecified atom stereocenters. The third-order valence-electron chi connectivity index (χ3n) is 3.98. The van der Waals surface area contributed by atoms with E-state index < -0.39 is 0 Å². The van der Waals surface area contributed by atoms with Gasteiger partial charge in [0.2, 0.25) is 11.8 Å². The highest BCUT2D eigenvalue weighted by Crippen LogP contribution is 2.23. The van der Waals surface area contributed by atoms with Gasteiger partial charge in [0.15, 0.2) is 0 Å². The second-order valence-electron chi connectivity index (χ2n) is 7.69. The maximum atomic E-state index is 12.4. The lowest BCUT2D eigenvalue weighted by atomic mass is 10.1. The van der Waals surface area contributed by atoms with Gasteiger partial charge in [-0.05, 0) is 39.4 Å². The Labute approximate surface area is 171 Å². The number of carbonyl (C=O) groups is 2. The van der Waals surface area contributed by atoms with E-state index in [2.05, 4.69) is 15.7 Å². The minimum Gasteiger partial charge on any atom is -0.350 e. The first-order valence-electron chi connectivity index (χ1n) is 9.20. The summed E-state index contributed by atoms with van der Waals surface area (Å²) in [6.45, 7) is 8.57. The molecule has 2 aromatic rings. The van der Waals surface area contributed by atoms with Crippen molar-refractivity contribution in [3.05, 3.63) is 35.4 Å². The molecule has 0 saturated carbocycles. The van der Waals surface area contributed by atoms with Crippen molar-refractivity contribution in [3.8, 4) is 11.3 Å². The molecule has 2 rings (SSSR count). The fourth-order valence-electron chi connectivity index (χ4n) is 2.67. The molecule has 152 valence electrons. The van der Waals surface area contributed by atoms with Gasteiger partial charge < -0.3 is 10.6 Å². The Bertz CT molecular complexity index is 824. The highest BCUT2D eigenvalue weighted by molar-refractivity contribution is 6.30. The molecule has 0 fully saturated rings. The minimum atomic E-state index is -0.300. The zero-order valence-corrected chi connectivity index (χ0v) is 17.8. The number of likely N-dealkylation sites (N-methyl/N-ethyl adjacent to an activating group) is 1. The van der Waals surface area contributed by atoms with Crippen LogP contribution in [0.2, 0.25) is 5.02 Å². The number of aryl methyl sites for hydroxylation is 1. The molecule has 0 radical (unpaired) electrons. The Morgan fingerprint density at radius 3 is 2.32 bits per heavy atom. The number of anilines is 1. The molecule has 28 heavy (non-hydrogen) atoms. The summed E-state index contributed by atoms with van der Waals surface area (Å²) in [4.78, 5) is 26.3. The predicted octanol–water partition coefficient (Wildman–Crippen LogP) is 2.92. The molecule has 0 saturated heterocycles. The van der Waals surface area contributed by atoms with Crippen LogP contribution in [0.3, 0.4) is 0 Å². The fraction of sp³-hybridized carbons (Fsp3) is 0.450. The van der Waals surface area contributed by atoms with Crippen LogP contribution in [-0.4, -0.2) is 51.7 Å². The van der Waals surface area contributed by atoms with Crippen molar-refractivity contribution in [2.45, 2.75) is 33.2 Å². The van der Waals surface area contributed by atoms with E-state index in [4.69, 9.17) is 11.6 Å². The number of rotatable bonds is 7. The summed E-state index contributed by atoms with van der Waals surface area (Å²) in [6.07, 6.45) is 0. The molecule has 0 spiro atoms. The largest absolute Gasteiger partial charge is 0.350 e. The Morgan fingerprint density at radius 1 is 1.14 bits per heavy atom. The molecule has 2 amide bonds. The van der Waals surface area contributed by atoms with Crippen molar-refractivity contribution in [1.29, 1.82) is 0 Å². The molecule has 0 bridgehead atoms. The zero-order chi connectivity index (χ0) is 20.9. The summed E-state index contributed by atoms with van der Waals surface area (Å²) in [5.41, 5.74) is 1.35. The standard InChI is InChI=1S/C20H28ClN5O2/c1-6-26(13-19(28)23-20(2,3)4)12-18(27)22-17-11-16(24-25(17)5)14-7-9-15(21)10-8-14/h7-11H,6,12-13H2,1-5H3,(H,22,27)(H,23,28). The number of hydrogen-bond acceptors (Lipinski definition) is 4. The van der Waals surface area contributed by atoms with E-state index in [1.807, 2.05) is 45.9 Å². The molecular formula is C20H28ClN5O2. The number of nitrogens with zero attached hydrogens (tertiary/aromatic N) is 3. The van der Waals surface area contributed by atoms with Crippen molar-refractivity contribution >= 4 is 29.2 Å². The normalized spacial score (nSPS) is 11.5. The number of nitrogens with one attached hydrogen (secondary N) is 2. The van der Waals surface area contributed by atoms with E-state index >= 15 is 0 Å². The highest BCUT2D eigenvalue weighted by Gasteiger charge is 2.18. The molecule has 1 aromatic carbocycles. The Balaban J connectivity index is 1.98. The maximum Gasteiger partial charge on any atom is 0.239 e. The number of halogens is 1. The van der Waals surface area contributed by atoms with Crippen LogP contribution < -0.4 is 10.6 Å². The Kier molecular flexibility index (Phi) is 7.21. The summed E-state index contributed by atoms with van der Waals surface area (Å²) in [6, 6.07) is 9.16. The van der Waals surface area contributed by atoms with Gasteiger partial charge in [-0.15, -0.1) is 0 Å². The van der Waals surface area contributed by atoms with E-state index in [-0.39, 0.29) is 30.4 Å². The molecule has 1 heterocycles. The molecule has 0 aliphatic rings. The van der Waals surface area contributed by atoms with Gasteiger partial charge in [-0.25, -0.2) is 0 Å². The molecule has 0 aliphatic carbocycles. The predicted molar refractivity (Wildman–Crippen MR) is 112 cm³/mol. The lowest BCUT2D eigenvalue weighted by Crippen LogP contribution is -2.47. The molecule has 8 heteroatoms. The first kappa shape index (κ1) is 21.9. The minimum absolute atomic E-state index is 0.104. The molecule has 7 nitrogen and oxygen atoms in total. The quantitative estimate of drug-likeness (QED) is 0.742. The second-order valence-corrected chi connectivity index (χ2v) is 8.13. The summed E-state index contributed by atoms with van der Waals surface area (Å²) in [5, 5.41) is 10.9. The molecule has 0 atom stereocenters. The summed E-state index contributed by atoms with van der Waals surface area (Å²) in [7, 11) is 1.77. The van der Waals surface area contributed by atoms with Crippen LogP contribution in [0, 0.1) is 0 Å². The van der Waals surface area contributed by atoms with Crippen LogP contribution in [0.5, 0.6) is 0 Å². The van der Waals surface area contributed by atoms with Crippen LogP contribution in [0.25, 0.3) is 11.3 Å². The molecular weight excluding hydrogens is 378 g/mol. The maximum absolute atomic E-state index is 12.4. The van der Waals surface area contributed by atoms with Crippen molar-refractivity contribution in [2.24, 2.45) is 7.05 Å². The van der Waals surface area contributed by atoms with Crippen LogP contribution >= 0.6 is 11.6 Å². The van der Waals surface area contributed by atoms with Crippen LogP contribution in [0.1, 0.15) is 27.7 Å². The van der Waals surface area contributed by atoms with Gasteiger partial charge in [0.05, 0.1) is 18.8 Å². The van der Waals surface area contributed by atoms with Crippen molar-refractivity contribution < 1.29 is 9.59 Å². The van der Waals surface area contributed by atoms with Gasteiger partial charge in [0.1, 0.15) is 5.82 Å². The molecule has 0 aliphatic heterocycles. The van der Waals surface area contributed by atoms with Gasteiger partial charge in [-0.2, -0.15) is 5.10 Å². The summed E-state index contributed by atoms with van der Waals surface area (Å²) >= 11 is 5.92. The number of amides is 2. The third kappa shape index (κ3) is 6.65. The monoisotopic (exact) mass is 405 g/mol. The number of hydrogen-bond donors (Lipinski definition) is 2. The van der Waals surface area contributed by atoms with Gasteiger partial charge in [0.25, 0.3) is 0 Å². The lowest BCUT2D eigenvalue weighted by molar-refractivity contribution is -0.124. The van der Waals surface area contributed by atoms with Gasteiger partial charge in [-0.1, -0.05) is 30.7 Å². The van der Waals surface area contributed by atoms with E-state index in [9.17, 15) is 9.59 Å². The number of aromatic nitrogens is 2. The smallest absolute Gasteiger partial charge is 0.239 e. The first-order valence-corrected chi connectivity index (χ1v) is 9.58. The lowest BCUT2D eigenvalue weighted by Gasteiger charge is -2.24. The Morgan fingerprint density at radius 2 is 1.75 bits per heavy atom. The van der Waals surface area contributed by atoms with Crippen LogP contribution in [0.4, 0.5) is 5.82 Å². The summed E-state index contributed by atoms with van der Waals surface area (Å²) < 4.78 is 1.62. The molecule has 1 aromatic heterocycles. The van der Waals surface area contributed by atoms with E-state index in [0.29, 0.717) is 17.4 Å². The van der Waals surface area contributed by atoms with Crippen LogP contribution in [0.15, 0.2) is 30.3 Å². The van der Waals surface area contributed by atoms with Crippen molar-refractivity contribution in [3.63, 3.8) is 0 Å². The topological polar surface area (TPSA) is 79.3 Å². The van der Waals surface area contributed by atoms with Gasteiger partial charge >= 0.3 is 0 Å². The SMILES string of the molecule is CCN(CC(=O)Nc1cc(-c2ccc(Cl)cc2)nn1C)CC(=O)NC(C)(C)C. The van der Waals surface area contributed by atoms with Gasteiger partial charge in [-0.3, -0.25) is 19.2 Å². The van der Waals surface area contributed by atoms with E-state index in [0.717, 1.165) is 11.3 Å². The third-order valence-corrected chi connectivity index (χ3v) is 4.24. The highest BCUT2D eigenvalue weighted by atomic mass is 35.5. The number of carbonyl (C=O) groups excluding carboxylic acids is 2. The molecule has 2 N–H and O–H groups in total. The van der Waals surface area contributed by atoms with Gasteiger partial charge in [0, 0.05) is 29.2 Å². The van der Waals surface area contributed by atoms with E-state index in [1.165, 1.54) is 0 Å². The average Bonchev–Trinajstić information content (AvgIpc) is 2.93. The van der Waals surface area contributed by atoms with Crippen molar-refractivity contribution in [1.82, 2.24) is 20.0 Å². The average molecular weight is 406 g/mol. The summed E-state index contributed by atoms with van der Waals surface area (Å²) in [5.74, 6) is 0.286. The fourth-order valence-corrected chi connectivity index (χ4v) is 2.80. The van der Waals surface area contributed by atoms with E-state index in [1.54, 1.807) is 28.8 Å². The first-order chi connectivity index (χ1) is 13.1. The Hall–Kier alpha value is -2.38. The van der Waals surface area contributed by atoms with Crippen LogP contribution in [-0.2, 0) is 16.6 Å². The zero-order valence-electron chi connectivity index (χ0n) is 17.0. The second kappa shape index (κ2) is 9.21. The number of benzene rings is 1.